The molecule has 1 aromatic rings. The van der Waals surface area contributed by atoms with E-state index >= 15 is 0 Å². The standard InChI is InChI=1S/C14H25N3O2.HI/c1-3-8-16-14(15-4-2)17-9-6-10-18-12-13-7-5-11-19-13;/h5,7,11H,3-4,6,8-10,12H2,1-2H3,(H2,15,16,17);1H. The van der Waals surface area contributed by atoms with E-state index in [-0.39, 0.29) is 24.0 Å². The van der Waals surface area contributed by atoms with Crippen LogP contribution in [0, 0.1) is 0 Å². The van der Waals surface area contributed by atoms with Crippen molar-refractivity contribution < 1.29 is 9.15 Å². The first-order valence-electron chi connectivity index (χ1n) is 6.99. The number of nitrogens with zero attached hydrogens (tertiary/aromatic N) is 1. The van der Waals surface area contributed by atoms with Gasteiger partial charge >= 0.3 is 0 Å². The van der Waals surface area contributed by atoms with Crippen LogP contribution in [0.15, 0.2) is 27.8 Å². The number of guanidine groups is 1. The van der Waals surface area contributed by atoms with Crippen LogP contribution in [0.2, 0.25) is 0 Å². The monoisotopic (exact) mass is 395 g/mol. The Balaban J connectivity index is 0.00000361. The van der Waals surface area contributed by atoms with E-state index in [1.165, 1.54) is 0 Å². The van der Waals surface area contributed by atoms with Gasteiger partial charge in [-0.3, -0.25) is 4.99 Å². The normalized spacial score (nSPS) is 11.0. The number of nitrogens with one attached hydrogen (secondary N) is 2. The summed E-state index contributed by atoms with van der Waals surface area (Å²) in [6, 6.07) is 3.78. The van der Waals surface area contributed by atoms with Crippen LogP contribution in [0.4, 0.5) is 0 Å². The van der Waals surface area contributed by atoms with E-state index in [1.807, 2.05) is 12.1 Å². The van der Waals surface area contributed by atoms with E-state index in [2.05, 4.69) is 29.5 Å². The molecule has 0 saturated carbocycles. The van der Waals surface area contributed by atoms with E-state index in [9.17, 15) is 0 Å². The Hall–Kier alpha value is -0.760. The minimum atomic E-state index is 0. The second-order valence-corrected chi connectivity index (χ2v) is 4.17. The molecule has 0 aliphatic rings. The van der Waals surface area contributed by atoms with E-state index in [1.54, 1.807) is 6.26 Å². The highest BCUT2D eigenvalue weighted by atomic mass is 127. The highest BCUT2D eigenvalue weighted by molar-refractivity contribution is 14.0. The highest BCUT2D eigenvalue weighted by Gasteiger charge is 1.97. The Bertz CT molecular complexity index is 342. The Morgan fingerprint density at radius 3 is 2.85 bits per heavy atom. The van der Waals surface area contributed by atoms with E-state index < -0.39 is 0 Å². The average molecular weight is 395 g/mol. The largest absolute Gasteiger partial charge is 0.467 e. The molecular weight excluding hydrogens is 369 g/mol. The van der Waals surface area contributed by atoms with Gasteiger partial charge in [0, 0.05) is 26.2 Å². The first-order valence-corrected chi connectivity index (χ1v) is 6.99. The van der Waals surface area contributed by atoms with Gasteiger partial charge in [-0.15, -0.1) is 24.0 Å². The van der Waals surface area contributed by atoms with E-state index in [0.29, 0.717) is 13.2 Å². The van der Waals surface area contributed by atoms with Gasteiger partial charge in [0.05, 0.1) is 6.26 Å². The molecule has 0 fully saturated rings. The topological polar surface area (TPSA) is 58.8 Å². The van der Waals surface area contributed by atoms with Gasteiger partial charge < -0.3 is 19.8 Å². The molecule has 0 amide bonds. The predicted molar refractivity (Wildman–Crippen MR) is 92.7 cm³/mol. The molecule has 0 aliphatic carbocycles. The molecule has 5 nitrogen and oxygen atoms in total. The average Bonchev–Trinajstić information content (AvgIpc) is 2.93. The SMILES string of the molecule is CCCN=C(NCC)NCCCOCc1ccco1.I. The molecular formula is C14H26IN3O2. The molecule has 116 valence electrons. The van der Waals surface area contributed by atoms with Crippen LogP contribution >= 0.6 is 24.0 Å². The number of halogens is 1. The fraction of sp³-hybridized carbons (Fsp3) is 0.643. The Labute approximate surface area is 138 Å². The molecule has 1 aromatic heterocycles. The van der Waals surface area contributed by atoms with Crippen LogP contribution in [-0.2, 0) is 11.3 Å². The van der Waals surface area contributed by atoms with Crippen molar-refractivity contribution >= 4 is 29.9 Å². The van der Waals surface area contributed by atoms with Gasteiger partial charge in [-0.25, -0.2) is 0 Å². The molecule has 0 aliphatic heterocycles. The Morgan fingerprint density at radius 1 is 1.35 bits per heavy atom. The minimum absolute atomic E-state index is 0. The summed E-state index contributed by atoms with van der Waals surface area (Å²) >= 11 is 0. The van der Waals surface area contributed by atoms with Crippen LogP contribution in [0.3, 0.4) is 0 Å². The van der Waals surface area contributed by atoms with Gasteiger partial charge in [0.25, 0.3) is 0 Å². The number of rotatable bonds is 9. The summed E-state index contributed by atoms with van der Waals surface area (Å²) < 4.78 is 10.7. The molecule has 0 atom stereocenters. The second kappa shape index (κ2) is 13.2. The van der Waals surface area contributed by atoms with Crippen LogP contribution in [-0.4, -0.2) is 32.2 Å². The first-order chi connectivity index (χ1) is 9.36. The van der Waals surface area contributed by atoms with Crippen molar-refractivity contribution in [3.63, 3.8) is 0 Å². The van der Waals surface area contributed by atoms with Gasteiger partial charge in [-0.2, -0.15) is 0 Å². The molecule has 6 heteroatoms. The van der Waals surface area contributed by atoms with Crippen molar-refractivity contribution in [3.05, 3.63) is 24.2 Å². The zero-order valence-electron chi connectivity index (χ0n) is 12.4. The van der Waals surface area contributed by atoms with E-state index in [0.717, 1.165) is 44.2 Å². The van der Waals surface area contributed by atoms with Crippen molar-refractivity contribution in [3.8, 4) is 0 Å². The third-order valence-electron chi connectivity index (χ3n) is 2.42. The summed E-state index contributed by atoms with van der Waals surface area (Å²) in [6.45, 7) is 8.02. The lowest BCUT2D eigenvalue weighted by Gasteiger charge is -2.10. The van der Waals surface area contributed by atoms with Crippen LogP contribution in [0.1, 0.15) is 32.4 Å². The molecule has 2 N–H and O–H groups in total. The lowest BCUT2D eigenvalue weighted by Crippen LogP contribution is -2.38. The number of aliphatic imine (C=N–C) groups is 1. The zero-order chi connectivity index (χ0) is 13.8. The molecule has 0 aromatic carbocycles. The minimum Gasteiger partial charge on any atom is -0.467 e. The number of hydrogen-bond acceptors (Lipinski definition) is 3. The zero-order valence-corrected chi connectivity index (χ0v) is 14.7. The van der Waals surface area contributed by atoms with Crippen molar-refractivity contribution in [1.82, 2.24) is 10.6 Å². The maximum absolute atomic E-state index is 5.51. The summed E-state index contributed by atoms with van der Waals surface area (Å²) in [5, 5.41) is 6.50. The molecule has 0 radical (unpaired) electrons. The Kier molecular flexibility index (Phi) is 12.7. The lowest BCUT2D eigenvalue weighted by atomic mass is 10.4. The first kappa shape index (κ1) is 19.2. The van der Waals surface area contributed by atoms with Gasteiger partial charge in [0.15, 0.2) is 5.96 Å². The maximum atomic E-state index is 5.51. The summed E-state index contributed by atoms with van der Waals surface area (Å²) in [5.41, 5.74) is 0. The molecule has 0 saturated heterocycles. The molecule has 0 spiro atoms. The summed E-state index contributed by atoms with van der Waals surface area (Å²) in [4.78, 5) is 4.43. The molecule has 0 unspecified atom stereocenters. The van der Waals surface area contributed by atoms with Crippen LogP contribution in [0.5, 0.6) is 0 Å². The summed E-state index contributed by atoms with van der Waals surface area (Å²) in [5.74, 6) is 1.75. The highest BCUT2D eigenvalue weighted by Crippen LogP contribution is 2.01. The van der Waals surface area contributed by atoms with Gasteiger partial charge in [0.2, 0.25) is 0 Å². The molecule has 1 rings (SSSR count). The quantitative estimate of drug-likeness (QED) is 0.292. The van der Waals surface area contributed by atoms with Crippen molar-refractivity contribution in [1.29, 1.82) is 0 Å². The number of hydrogen-bond donors (Lipinski definition) is 2. The van der Waals surface area contributed by atoms with Gasteiger partial charge in [-0.1, -0.05) is 6.92 Å². The molecule has 0 bridgehead atoms. The fourth-order valence-corrected chi connectivity index (χ4v) is 1.51. The third-order valence-corrected chi connectivity index (χ3v) is 2.42. The lowest BCUT2D eigenvalue weighted by molar-refractivity contribution is 0.105. The fourth-order valence-electron chi connectivity index (χ4n) is 1.51. The van der Waals surface area contributed by atoms with Gasteiger partial charge in [0.1, 0.15) is 12.4 Å². The number of furan rings is 1. The summed E-state index contributed by atoms with van der Waals surface area (Å²) in [7, 11) is 0. The number of ether oxygens (including phenoxy) is 1. The van der Waals surface area contributed by atoms with Crippen LogP contribution in [0.25, 0.3) is 0 Å². The predicted octanol–water partition coefficient (Wildman–Crippen LogP) is 2.77. The van der Waals surface area contributed by atoms with Crippen molar-refractivity contribution in [2.75, 3.05) is 26.2 Å². The van der Waals surface area contributed by atoms with Gasteiger partial charge in [-0.05, 0) is 31.9 Å². The van der Waals surface area contributed by atoms with Crippen LogP contribution < -0.4 is 10.6 Å². The maximum Gasteiger partial charge on any atom is 0.191 e. The van der Waals surface area contributed by atoms with Crippen molar-refractivity contribution in [2.24, 2.45) is 4.99 Å². The Morgan fingerprint density at radius 2 is 2.20 bits per heavy atom. The third kappa shape index (κ3) is 9.19. The molecule has 1 heterocycles. The van der Waals surface area contributed by atoms with Crippen molar-refractivity contribution in [2.45, 2.75) is 33.3 Å². The smallest absolute Gasteiger partial charge is 0.191 e. The molecule has 20 heavy (non-hydrogen) atoms. The van der Waals surface area contributed by atoms with E-state index in [4.69, 9.17) is 9.15 Å². The second-order valence-electron chi connectivity index (χ2n) is 4.17. The summed E-state index contributed by atoms with van der Waals surface area (Å²) in [6.07, 6.45) is 3.66.